The van der Waals surface area contributed by atoms with E-state index < -0.39 is 0 Å². The molecule has 2 aromatic heterocycles. The van der Waals surface area contributed by atoms with Gasteiger partial charge in [-0.1, -0.05) is 11.3 Å². The second kappa shape index (κ2) is 5.09. The minimum Gasteiger partial charge on any atom is -0.350 e. The first-order valence-electron chi connectivity index (χ1n) is 4.57. The Morgan fingerprint density at radius 3 is 3.19 bits per heavy atom. The van der Waals surface area contributed by atoms with Gasteiger partial charge >= 0.3 is 0 Å². The molecule has 2 heterocycles. The quantitative estimate of drug-likeness (QED) is 0.836. The van der Waals surface area contributed by atoms with Crippen LogP contribution in [0.15, 0.2) is 24.7 Å². The van der Waals surface area contributed by atoms with Gasteiger partial charge in [0.1, 0.15) is 5.88 Å². The predicted molar refractivity (Wildman–Crippen MR) is 61.8 cm³/mol. The fourth-order valence-electron chi connectivity index (χ4n) is 1.10. The molecule has 0 saturated carbocycles. The Hall–Kier alpha value is -1.40. The lowest BCUT2D eigenvalue weighted by Gasteiger charge is -1.98. The van der Waals surface area contributed by atoms with Crippen molar-refractivity contribution in [3.05, 3.63) is 29.5 Å². The van der Waals surface area contributed by atoms with Gasteiger partial charge in [0, 0.05) is 23.5 Å². The fourth-order valence-corrected chi connectivity index (χ4v) is 1.99. The maximum Gasteiger partial charge on any atom is 0.235 e. The molecule has 7 heteroatoms. The first-order valence-corrected chi connectivity index (χ1v) is 5.92. The molecule has 16 heavy (non-hydrogen) atoms. The summed E-state index contributed by atoms with van der Waals surface area (Å²) in [6.07, 6.45) is 5.23. The molecule has 0 saturated heterocycles. The van der Waals surface area contributed by atoms with E-state index in [2.05, 4.69) is 15.4 Å². The Morgan fingerprint density at radius 1 is 1.62 bits per heavy atom. The molecule has 0 unspecified atom stereocenters. The van der Waals surface area contributed by atoms with Crippen LogP contribution in [0.25, 0.3) is 5.13 Å². The highest BCUT2D eigenvalue weighted by atomic mass is 35.5. The van der Waals surface area contributed by atoms with Crippen molar-refractivity contribution in [3.8, 4) is 5.13 Å². The van der Waals surface area contributed by atoms with Gasteiger partial charge in [-0.2, -0.15) is 5.10 Å². The summed E-state index contributed by atoms with van der Waals surface area (Å²) in [5.41, 5.74) is 0. The Kier molecular flexibility index (Phi) is 3.53. The number of thiazole rings is 1. The molecule has 84 valence electrons. The van der Waals surface area contributed by atoms with Crippen molar-refractivity contribution in [3.63, 3.8) is 0 Å². The molecule has 0 aliphatic carbocycles. The van der Waals surface area contributed by atoms with Crippen molar-refractivity contribution in [2.24, 2.45) is 0 Å². The lowest BCUT2D eigenvalue weighted by molar-refractivity contribution is -0.118. The molecular weight excluding hydrogens is 248 g/mol. The van der Waals surface area contributed by atoms with E-state index in [0.29, 0.717) is 6.54 Å². The van der Waals surface area contributed by atoms with Crippen LogP contribution in [0.4, 0.5) is 0 Å². The largest absolute Gasteiger partial charge is 0.350 e. The first-order chi connectivity index (χ1) is 7.79. The first kappa shape index (κ1) is 11.1. The van der Waals surface area contributed by atoms with Crippen LogP contribution in [0.1, 0.15) is 4.88 Å². The number of alkyl halides is 1. The van der Waals surface area contributed by atoms with Crippen molar-refractivity contribution < 1.29 is 4.79 Å². The van der Waals surface area contributed by atoms with Crippen molar-refractivity contribution in [2.75, 3.05) is 5.88 Å². The number of nitrogens with zero attached hydrogens (tertiary/aromatic N) is 3. The molecule has 2 aromatic rings. The summed E-state index contributed by atoms with van der Waals surface area (Å²) in [5, 5.41) is 7.52. The number of hydrogen-bond acceptors (Lipinski definition) is 4. The zero-order chi connectivity index (χ0) is 11.4. The SMILES string of the molecule is O=C(CCl)NCc1cnc(-n2cccn2)s1. The molecule has 0 fully saturated rings. The standard InChI is InChI=1S/C9H9ClN4OS/c10-4-8(15)11-5-7-6-12-9(16-7)14-3-1-2-13-14/h1-3,6H,4-5H2,(H,11,15). The van der Waals surface area contributed by atoms with Gasteiger partial charge in [-0.25, -0.2) is 9.67 Å². The van der Waals surface area contributed by atoms with E-state index >= 15 is 0 Å². The van der Waals surface area contributed by atoms with Crippen LogP contribution in [0.5, 0.6) is 0 Å². The van der Waals surface area contributed by atoms with Crippen molar-refractivity contribution in [1.82, 2.24) is 20.1 Å². The van der Waals surface area contributed by atoms with E-state index in [0.717, 1.165) is 10.0 Å². The Labute approximate surface area is 101 Å². The zero-order valence-electron chi connectivity index (χ0n) is 8.26. The molecule has 0 aromatic carbocycles. The lowest BCUT2D eigenvalue weighted by Crippen LogP contribution is -2.23. The van der Waals surface area contributed by atoms with Gasteiger partial charge in [0.25, 0.3) is 0 Å². The van der Waals surface area contributed by atoms with E-state index in [1.807, 2.05) is 12.3 Å². The van der Waals surface area contributed by atoms with Gasteiger partial charge in [-0.05, 0) is 6.07 Å². The monoisotopic (exact) mass is 256 g/mol. The summed E-state index contributed by atoms with van der Waals surface area (Å²) in [6.45, 7) is 0.449. The molecule has 2 rings (SSSR count). The van der Waals surface area contributed by atoms with Crippen LogP contribution in [-0.4, -0.2) is 26.6 Å². The normalized spacial score (nSPS) is 10.3. The summed E-state index contributed by atoms with van der Waals surface area (Å²) < 4.78 is 1.68. The van der Waals surface area contributed by atoms with Gasteiger partial charge in [0.15, 0.2) is 0 Å². The van der Waals surface area contributed by atoms with Gasteiger partial charge in [-0.15, -0.1) is 11.6 Å². The lowest BCUT2D eigenvalue weighted by atomic mass is 10.5. The summed E-state index contributed by atoms with van der Waals surface area (Å²) in [7, 11) is 0. The third-order valence-electron chi connectivity index (χ3n) is 1.82. The smallest absolute Gasteiger partial charge is 0.235 e. The number of aromatic nitrogens is 3. The summed E-state index contributed by atoms with van der Waals surface area (Å²) in [6, 6.07) is 1.83. The highest BCUT2D eigenvalue weighted by Gasteiger charge is 2.05. The van der Waals surface area contributed by atoms with E-state index in [-0.39, 0.29) is 11.8 Å². The number of amides is 1. The van der Waals surface area contributed by atoms with Gasteiger partial charge in [0.05, 0.1) is 6.54 Å². The summed E-state index contributed by atoms with van der Waals surface area (Å²) in [4.78, 5) is 16.1. The van der Waals surface area contributed by atoms with E-state index in [4.69, 9.17) is 11.6 Å². The van der Waals surface area contributed by atoms with Crippen molar-refractivity contribution in [2.45, 2.75) is 6.54 Å². The molecular formula is C9H9ClN4OS. The Morgan fingerprint density at radius 2 is 2.50 bits per heavy atom. The summed E-state index contributed by atoms with van der Waals surface area (Å²) in [5.74, 6) is -0.208. The number of carbonyl (C=O) groups excluding carboxylic acids is 1. The Bertz CT molecular complexity index is 468. The molecule has 1 amide bonds. The molecule has 0 spiro atoms. The van der Waals surface area contributed by atoms with Crippen LogP contribution in [-0.2, 0) is 11.3 Å². The summed E-state index contributed by atoms with van der Waals surface area (Å²) >= 11 is 6.84. The van der Waals surface area contributed by atoms with Crippen molar-refractivity contribution >= 4 is 28.8 Å². The highest BCUT2D eigenvalue weighted by Crippen LogP contribution is 2.15. The number of hydrogen-bond donors (Lipinski definition) is 1. The van der Waals surface area contributed by atoms with Crippen LogP contribution >= 0.6 is 22.9 Å². The third-order valence-corrected chi connectivity index (χ3v) is 3.05. The van der Waals surface area contributed by atoms with Crippen LogP contribution < -0.4 is 5.32 Å². The minimum atomic E-state index is -0.185. The fraction of sp³-hybridized carbons (Fsp3) is 0.222. The zero-order valence-corrected chi connectivity index (χ0v) is 9.83. The van der Waals surface area contributed by atoms with Gasteiger partial charge in [0.2, 0.25) is 11.0 Å². The molecule has 0 radical (unpaired) electrons. The second-order valence-electron chi connectivity index (χ2n) is 2.97. The minimum absolute atomic E-state index is 0.0230. The molecule has 5 nitrogen and oxygen atoms in total. The molecule has 1 N–H and O–H groups in total. The number of halogens is 1. The molecule has 0 bridgehead atoms. The van der Waals surface area contributed by atoms with Gasteiger partial charge in [-0.3, -0.25) is 4.79 Å². The van der Waals surface area contributed by atoms with Crippen LogP contribution in [0, 0.1) is 0 Å². The maximum absolute atomic E-state index is 10.9. The molecule has 0 aliphatic heterocycles. The van der Waals surface area contributed by atoms with Gasteiger partial charge < -0.3 is 5.32 Å². The van der Waals surface area contributed by atoms with Crippen LogP contribution in [0.3, 0.4) is 0 Å². The average molecular weight is 257 g/mol. The van der Waals surface area contributed by atoms with Crippen molar-refractivity contribution in [1.29, 1.82) is 0 Å². The van der Waals surface area contributed by atoms with E-state index in [1.165, 1.54) is 11.3 Å². The van der Waals surface area contributed by atoms with E-state index in [9.17, 15) is 4.79 Å². The van der Waals surface area contributed by atoms with E-state index in [1.54, 1.807) is 17.1 Å². The topological polar surface area (TPSA) is 59.8 Å². The second-order valence-corrected chi connectivity index (χ2v) is 4.33. The third kappa shape index (κ3) is 2.59. The maximum atomic E-state index is 10.9. The molecule has 0 aliphatic rings. The molecule has 0 atom stereocenters. The predicted octanol–water partition coefficient (Wildman–Crippen LogP) is 1.18. The Balaban J connectivity index is 2.00. The number of carbonyl (C=O) groups is 1. The van der Waals surface area contributed by atoms with Crippen LogP contribution in [0.2, 0.25) is 0 Å². The number of rotatable bonds is 4. The average Bonchev–Trinajstić information content (AvgIpc) is 2.95. The highest BCUT2D eigenvalue weighted by molar-refractivity contribution is 7.14. The number of nitrogens with one attached hydrogen (secondary N) is 1.